The number of rotatable bonds is 3. The SMILES string of the molecule is O=C1C[C@@H]2/C(=C(O)\C=C\c3ccccc3)C(=O)[C@H]3[C@H]([C@@H]4C=C5O[C@@H](c6ccccc6)CC(=O)[C@@]53[C@H]3CC(=O)O[C@@H]43)[C@@H]2O1. The van der Waals surface area contributed by atoms with E-state index in [0.29, 0.717) is 5.76 Å². The minimum atomic E-state index is -1.45. The quantitative estimate of drug-likeness (QED) is 0.331. The molecule has 2 saturated carbocycles. The Bertz CT molecular complexity index is 1620. The average Bonchev–Trinajstić information content (AvgIpc) is 3.59. The van der Waals surface area contributed by atoms with Crippen LogP contribution in [0.4, 0.5) is 0 Å². The van der Waals surface area contributed by atoms with Gasteiger partial charge in [-0.2, -0.15) is 0 Å². The third kappa shape index (κ3) is 3.35. The first-order valence-electron chi connectivity index (χ1n) is 14.4. The molecule has 2 aromatic rings. The summed E-state index contributed by atoms with van der Waals surface area (Å²) in [6.45, 7) is 0. The minimum absolute atomic E-state index is 0.00701. The summed E-state index contributed by atoms with van der Waals surface area (Å²) < 4.78 is 18.2. The minimum Gasteiger partial charge on any atom is -0.508 e. The zero-order chi connectivity index (χ0) is 28.7. The van der Waals surface area contributed by atoms with Crippen LogP contribution in [0.3, 0.4) is 0 Å². The standard InChI is InChI=1S/C34H28O8/c35-22(12-11-17-7-3-1-4-8-17)28-20-14-26(37)42-33(20)29-19-13-25-34(30(29)31(28)39,21-15-27(38)41-32(19)21)24(36)16-23(40-25)18-9-5-2-6-10-18/h1-13,19-21,23,29-30,32-33,35H,14-16H2/b12-11+,28-22-/t19-,20+,21-,23+,29-,30+,32-,33+,34-/m0/s1. The Kier molecular flexibility index (Phi) is 5.42. The summed E-state index contributed by atoms with van der Waals surface area (Å²) in [7, 11) is 0. The number of carbonyl (C=O) groups is 4. The van der Waals surface area contributed by atoms with Gasteiger partial charge in [-0.15, -0.1) is 0 Å². The van der Waals surface area contributed by atoms with Gasteiger partial charge in [-0.05, 0) is 23.3 Å². The van der Waals surface area contributed by atoms with Crippen molar-refractivity contribution in [3.8, 4) is 0 Å². The lowest BCUT2D eigenvalue weighted by Gasteiger charge is -2.62. The predicted octanol–water partition coefficient (Wildman–Crippen LogP) is 4.43. The Hall–Kier alpha value is -4.46. The van der Waals surface area contributed by atoms with E-state index in [2.05, 4.69) is 0 Å². The fraction of sp³-hybridized carbons (Fsp3) is 0.353. The molecular weight excluding hydrogens is 536 g/mol. The summed E-state index contributed by atoms with van der Waals surface area (Å²) in [6, 6.07) is 18.8. The Morgan fingerprint density at radius 2 is 1.52 bits per heavy atom. The molecule has 2 aromatic carbocycles. The number of ketones is 2. The van der Waals surface area contributed by atoms with Gasteiger partial charge in [-0.25, -0.2) is 0 Å². The molecule has 7 aliphatic rings. The number of aliphatic hydroxyl groups is 1. The first-order valence-corrected chi connectivity index (χ1v) is 14.4. The highest BCUT2D eigenvalue weighted by Crippen LogP contribution is 2.70. The number of hydrogen-bond donors (Lipinski definition) is 1. The van der Waals surface area contributed by atoms with E-state index in [-0.39, 0.29) is 36.4 Å². The van der Waals surface area contributed by atoms with E-state index >= 15 is 0 Å². The summed E-state index contributed by atoms with van der Waals surface area (Å²) in [5, 5.41) is 11.4. The maximum Gasteiger partial charge on any atom is 0.306 e. The molecule has 0 unspecified atom stereocenters. The van der Waals surface area contributed by atoms with Gasteiger partial charge in [0.05, 0.1) is 12.8 Å². The Labute approximate surface area is 241 Å². The van der Waals surface area contributed by atoms with Crippen LogP contribution in [0.25, 0.3) is 6.08 Å². The van der Waals surface area contributed by atoms with E-state index in [9.17, 15) is 24.3 Å². The van der Waals surface area contributed by atoms with Crippen LogP contribution in [0.15, 0.2) is 89.9 Å². The third-order valence-corrected chi connectivity index (χ3v) is 10.2. The molecule has 0 amide bonds. The van der Waals surface area contributed by atoms with Crippen molar-refractivity contribution in [2.45, 2.75) is 37.6 Å². The normalized spacial score (nSPS) is 39.0. The molecule has 1 spiro atoms. The van der Waals surface area contributed by atoms with Crippen molar-refractivity contribution in [3.05, 3.63) is 101 Å². The van der Waals surface area contributed by atoms with Gasteiger partial charge in [0.1, 0.15) is 35.2 Å². The summed E-state index contributed by atoms with van der Waals surface area (Å²) in [5.74, 6) is -4.59. The predicted molar refractivity (Wildman–Crippen MR) is 147 cm³/mol. The molecule has 9 atom stereocenters. The van der Waals surface area contributed by atoms with Gasteiger partial charge < -0.3 is 19.3 Å². The number of benzene rings is 2. The summed E-state index contributed by atoms with van der Waals surface area (Å²) in [4.78, 5) is 54.7. The molecule has 4 aliphatic carbocycles. The van der Waals surface area contributed by atoms with Crippen LogP contribution in [0, 0.1) is 35.0 Å². The van der Waals surface area contributed by atoms with Crippen molar-refractivity contribution >= 4 is 29.6 Å². The molecule has 42 heavy (non-hydrogen) atoms. The number of carbonyl (C=O) groups excluding carboxylic acids is 4. The van der Waals surface area contributed by atoms with Crippen LogP contribution in [0.2, 0.25) is 0 Å². The third-order valence-electron chi connectivity index (χ3n) is 10.2. The van der Waals surface area contributed by atoms with Crippen molar-refractivity contribution in [2.75, 3.05) is 0 Å². The molecular formula is C34H28O8. The highest BCUT2D eigenvalue weighted by atomic mass is 16.6. The molecule has 8 heteroatoms. The molecule has 5 fully saturated rings. The second-order valence-corrected chi connectivity index (χ2v) is 12.1. The first-order chi connectivity index (χ1) is 20.4. The zero-order valence-electron chi connectivity index (χ0n) is 22.6. The van der Waals surface area contributed by atoms with Gasteiger partial charge >= 0.3 is 11.9 Å². The second kappa shape index (κ2) is 9.02. The molecule has 2 bridgehead atoms. The van der Waals surface area contributed by atoms with E-state index in [1.807, 2.05) is 66.7 Å². The van der Waals surface area contributed by atoms with Crippen LogP contribution in [0.1, 0.15) is 36.5 Å². The number of esters is 2. The molecule has 8 nitrogen and oxygen atoms in total. The van der Waals surface area contributed by atoms with Gasteiger partial charge in [0.15, 0.2) is 11.6 Å². The highest BCUT2D eigenvalue weighted by Gasteiger charge is 2.77. The number of Topliss-reactive ketones (excluding diaryl/α,β-unsaturated/α-hetero) is 2. The molecule has 9 rings (SSSR count). The number of aliphatic hydroxyl groups excluding tert-OH is 1. The van der Waals surface area contributed by atoms with E-state index < -0.39 is 71.0 Å². The van der Waals surface area contributed by atoms with E-state index in [4.69, 9.17) is 14.2 Å². The second-order valence-electron chi connectivity index (χ2n) is 12.1. The van der Waals surface area contributed by atoms with Crippen molar-refractivity contribution < 1.29 is 38.5 Å². The Morgan fingerprint density at radius 1 is 0.833 bits per heavy atom. The van der Waals surface area contributed by atoms with Gasteiger partial charge in [0.25, 0.3) is 0 Å². The lowest BCUT2D eigenvalue weighted by Crippen LogP contribution is -2.69. The lowest BCUT2D eigenvalue weighted by molar-refractivity contribution is -0.197. The number of allylic oxidation sites excluding steroid dienone is 2. The smallest absolute Gasteiger partial charge is 0.306 e. The molecule has 3 aliphatic heterocycles. The highest BCUT2D eigenvalue weighted by molar-refractivity contribution is 6.07. The molecule has 3 heterocycles. The van der Waals surface area contributed by atoms with E-state index in [1.54, 1.807) is 6.08 Å². The number of ether oxygens (including phenoxy) is 3. The summed E-state index contributed by atoms with van der Waals surface area (Å²) in [6.07, 6.45) is 3.09. The molecule has 212 valence electrons. The van der Waals surface area contributed by atoms with Gasteiger partial charge in [0.2, 0.25) is 0 Å². The van der Waals surface area contributed by atoms with Crippen LogP contribution in [-0.2, 0) is 33.4 Å². The van der Waals surface area contributed by atoms with Gasteiger partial charge in [-0.3, -0.25) is 19.2 Å². The van der Waals surface area contributed by atoms with Crippen molar-refractivity contribution in [1.82, 2.24) is 0 Å². The lowest BCUT2D eigenvalue weighted by atomic mass is 9.41. The van der Waals surface area contributed by atoms with Crippen LogP contribution in [-0.4, -0.2) is 40.8 Å². The topological polar surface area (TPSA) is 116 Å². The van der Waals surface area contributed by atoms with Crippen molar-refractivity contribution in [2.24, 2.45) is 35.0 Å². The van der Waals surface area contributed by atoms with Gasteiger partial charge in [-0.1, -0.05) is 66.7 Å². The fourth-order valence-corrected chi connectivity index (χ4v) is 8.69. The van der Waals surface area contributed by atoms with Gasteiger partial charge in [0, 0.05) is 41.6 Å². The van der Waals surface area contributed by atoms with Crippen LogP contribution < -0.4 is 0 Å². The Balaban J connectivity index is 1.28. The summed E-state index contributed by atoms with van der Waals surface area (Å²) in [5.41, 5.74) is 0.320. The van der Waals surface area contributed by atoms with Crippen molar-refractivity contribution in [1.29, 1.82) is 0 Å². The Morgan fingerprint density at radius 3 is 2.29 bits per heavy atom. The zero-order valence-corrected chi connectivity index (χ0v) is 22.6. The largest absolute Gasteiger partial charge is 0.508 e. The molecule has 3 saturated heterocycles. The molecule has 1 N–H and O–H groups in total. The van der Waals surface area contributed by atoms with Crippen LogP contribution >= 0.6 is 0 Å². The van der Waals surface area contributed by atoms with E-state index in [1.165, 1.54) is 6.08 Å². The van der Waals surface area contributed by atoms with Crippen molar-refractivity contribution in [3.63, 3.8) is 0 Å². The monoisotopic (exact) mass is 564 g/mol. The van der Waals surface area contributed by atoms with E-state index in [0.717, 1.165) is 11.1 Å². The average molecular weight is 565 g/mol. The maximum atomic E-state index is 14.7. The fourth-order valence-electron chi connectivity index (χ4n) is 8.69. The summed E-state index contributed by atoms with van der Waals surface area (Å²) >= 11 is 0. The first kappa shape index (κ1) is 25.3. The number of hydrogen-bond acceptors (Lipinski definition) is 8. The van der Waals surface area contributed by atoms with Crippen LogP contribution in [0.5, 0.6) is 0 Å². The molecule has 0 radical (unpaired) electrons. The number of fused-ring (bicyclic) bond motifs is 1. The maximum absolute atomic E-state index is 14.7. The molecule has 0 aromatic heterocycles.